The standard InChI is InChI=1S/C16H30N4S/c1-4-7-14-15(13-17-6-3)21-16(18-14)20-11-9-19(8-5-2)10-12-20/h17H,4-13H2,1-3H3. The molecule has 5 heteroatoms. The van der Waals surface area contributed by atoms with Crippen LogP contribution in [0.25, 0.3) is 0 Å². The van der Waals surface area contributed by atoms with E-state index in [1.807, 2.05) is 11.3 Å². The average Bonchev–Trinajstić information content (AvgIpc) is 2.90. The molecule has 0 unspecified atom stereocenters. The fourth-order valence-corrected chi connectivity index (χ4v) is 3.92. The van der Waals surface area contributed by atoms with Crippen molar-refractivity contribution in [1.82, 2.24) is 15.2 Å². The van der Waals surface area contributed by atoms with Crippen molar-refractivity contribution >= 4 is 16.5 Å². The summed E-state index contributed by atoms with van der Waals surface area (Å²) in [5, 5.41) is 4.69. The highest BCUT2D eigenvalue weighted by Crippen LogP contribution is 2.28. The minimum Gasteiger partial charge on any atom is -0.346 e. The summed E-state index contributed by atoms with van der Waals surface area (Å²) in [5.74, 6) is 0. The van der Waals surface area contributed by atoms with Gasteiger partial charge in [0.05, 0.1) is 5.69 Å². The van der Waals surface area contributed by atoms with Crippen LogP contribution in [0.2, 0.25) is 0 Å². The molecule has 0 aliphatic carbocycles. The summed E-state index contributed by atoms with van der Waals surface area (Å²) in [7, 11) is 0. The molecule has 0 radical (unpaired) electrons. The molecule has 1 saturated heterocycles. The maximum Gasteiger partial charge on any atom is 0.185 e. The molecule has 2 rings (SSSR count). The Balaban J connectivity index is 1.99. The normalized spacial score (nSPS) is 16.6. The molecular weight excluding hydrogens is 280 g/mol. The van der Waals surface area contributed by atoms with E-state index in [2.05, 4.69) is 35.9 Å². The van der Waals surface area contributed by atoms with Crippen molar-refractivity contribution in [2.24, 2.45) is 0 Å². The van der Waals surface area contributed by atoms with Gasteiger partial charge < -0.3 is 10.2 Å². The van der Waals surface area contributed by atoms with Gasteiger partial charge in [-0.15, -0.1) is 11.3 Å². The molecule has 0 aromatic carbocycles. The summed E-state index contributed by atoms with van der Waals surface area (Å²) in [6.45, 7) is 14.5. The summed E-state index contributed by atoms with van der Waals surface area (Å²) >= 11 is 1.89. The van der Waals surface area contributed by atoms with E-state index in [0.29, 0.717) is 0 Å². The predicted molar refractivity (Wildman–Crippen MR) is 92.4 cm³/mol. The lowest BCUT2D eigenvalue weighted by Gasteiger charge is -2.34. The predicted octanol–water partition coefficient (Wildman–Crippen LogP) is 2.74. The number of aryl methyl sites for hydroxylation is 1. The fraction of sp³-hybridized carbons (Fsp3) is 0.812. The molecular formula is C16H30N4S. The molecule has 4 nitrogen and oxygen atoms in total. The maximum atomic E-state index is 4.93. The monoisotopic (exact) mass is 310 g/mol. The quantitative estimate of drug-likeness (QED) is 0.800. The molecule has 1 N–H and O–H groups in total. The van der Waals surface area contributed by atoms with Crippen LogP contribution < -0.4 is 10.2 Å². The van der Waals surface area contributed by atoms with Crippen molar-refractivity contribution in [2.75, 3.05) is 44.2 Å². The van der Waals surface area contributed by atoms with E-state index in [0.717, 1.165) is 32.6 Å². The molecule has 0 saturated carbocycles. The first-order chi connectivity index (χ1) is 10.3. The summed E-state index contributed by atoms with van der Waals surface area (Å²) in [6.07, 6.45) is 3.53. The van der Waals surface area contributed by atoms with Crippen molar-refractivity contribution in [3.8, 4) is 0 Å². The Hall–Kier alpha value is -0.650. The minimum absolute atomic E-state index is 0.972. The Bertz CT molecular complexity index is 410. The van der Waals surface area contributed by atoms with Crippen LogP contribution in [-0.4, -0.2) is 49.2 Å². The van der Waals surface area contributed by atoms with Crippen LogP contribution >= 0.6 is 11.3 Å². The van der Waals surface area contributed by atoms with Gasteiger partial charge in [-0.2, -0.15) is 0 Å². The third kappa shape index (κ3) is 4.66. The van der Waals surface area contributed by atoms with E-state index >= 15 is 0 Å². The van der Waals surface area contributed by atoms with Gasteiger partial charge in [0.1, 0.15) is 0 Å². The van der Waals surface area contributed by atoms with Crippen LogP contribution in [0.3, 0.4) is 0 Å². The Morgan fingerprint density at radius 1 is 1.10 bits per heavy atom. The topological polar surface area (TPSA) is 31.4 Å². The van der Waals surface area contributed by atoms with E-state index < -0.39 is 0 Å². The Labute approximate surface area is 133 Å². The van der Waals surface area contributed by atoms with Gasteiger partial charge in [-0.25, -0.2) is 4.98 Å². The Morgan fingerprint density at radius 3 is 2.48 bits per heavy atom. The van der Waals surface area contributed by atoms with Crippen molar-refractivity contribution in [3.63, 3.8) is 0 Å². The molecule has 0 amide bonds. The molecule has 0 bridgehead atoms. The molecule has 1 aromatic rings. The van der Waals surface area contributed by atoms with Gasteiger partial charge in [-0.05, 0) is 25.9 Å². The first-order valence-electron chi connectivity index (χ1n) is 8.45. The lowest BCUT2D eigenvalue weighted by atomic mass is 10.2. The zero-order chi connectivity index (χ0) is 15.1. The fourth-order valence-electron chi connectivity index (χ4n) is 2.79. The van der Waals surface area contributed by atoms with Crippen LogP contribution in [0.15, 0.2) is 0 Å². The van der Waals surface area contributed by atoms with Crippen LogP contribution in [0.1, 0.15) is 44.2 Å². The number of piperazine rings is 1. The number of hydrogen-bond donors (Lipinski definition) is 1. The number of aromatic nitrogens is 1. The number of nitrogens with zero attached hydrogens (tertiary/aromatic N) is 3. The van der Waals surface area contributed by atoms with Gasteiger partial charge in [0.2, 0.25) is 0 Å². The lowest BCUT2D eigenvalue weighted by molar-refractivity contribution is 0.258. The zero-order valence-corrected chi connectivity index (χ0v) is 14.6. The number of hydrogen-bond acceptors (Lipinski definition) is 5. The van der Waals surface area contributed by atoms with Gasteiger partial charge in [-0.3, -0.25) is 4.90 Å². The third-order valence-corrected chi connectivity index (χ3v) is 5.13. The molecule has 1 aromatic heterocycles. The van der Waals surface area contributed by atoms with Crippen LogP contribution in [0, 0.1) is 0 Å². The van der Waals surface area contributed by atoms with Gasteiger partial charge >= 0.3 is 0 Å². The molecule has 2 heterocycles. The second-order valence-electron chi connectivity index (χ2n) is 5.73. The van der Waals surface area contributed by atoms with E-state index in [1.165, 1.54) is 48.2 Å². The number of nitrogens with one attached hydrogen (secondary N) is 1. The molecule has 0 spiro atoms. The Kier molecular flexibility index (Phi) is 6.93. The van der Waals surface area contributed by atoms with Gasteiger partial charge in [0.25, 0.3) is 0 Å². The molecule has 0 atom stereocenters. The first-order valence-corrected chi connectivity index (χ1v) is 9.26. The molecule has 120 valence electrons. The molecule has 1 fully saturated rings. The lowest BCUT2D eigenvalue weighted by Crippen LogP contribution is -2.46. The largest absolute Gasteiger partial charge is 0.346 e. The smallest absolute Gasteiger partial charge is 0.185 e. The van der Waals surface area contributed by atoms with Crippen molar-refractivity contribution in [3.05, 3.63) is 10.6 Å². The molecule has 1 aliphatic rings. The van der Waals surface area contributed by atoms with Crippen LogP contribution in [0.5, 0.6) is 0 Å². The van der Waals surface area contributed by atoms with Crippen molar-refractivity contribution in [1.29, 1.82) is 0 Å². The second-order valence-corrected chi connectivity index (χ2v) is 6.79. The van der Waals surface area contributed by atoms with E-state index in [4.69, 9.17) is 4.98 Å². The van der Waals surface area contributed by atoms with Crippen LogP contribution in [0.4, 0.5) is 5.13 Å². The second kappa shape index (κ2) is 8.71. The molecule has 1 aliphatic heterocycles. The summed E-state index contributed by atoms with van der Waals surface area (Å²) in [6, 6.07) is 0. The SMILES string of the molecule is CCCc1nc(N2CCN(CCC)CC2)sc1CNCC. The Morgan fingerprint density at radius 2 is 1.86 bits per heavy atom. The highest BCUT2D eigenvalue weighted by Gasteiger charge is 2.20. The third-order valence-electron chi connectivity index (χ3n) is 3.97. The van der Waals surface area contributed by atoms with E-state index in [-0.39, 0.29) is 0 Å². The van der Waals surface area contributed by atoms with Crippen LogP contribution in [-0.2, 0) is 13.0 Å². The van der Waals surface area contributed by atoms with E-state index in [1.54, 1.807) is 0 Å². The van der Waals surface area contributed by atoms with E-state index in [9.17, 15) is 0 Å². The van der Waals surface area contributed by atoms with Gasteiger partial charge in [0, 0.05) is 37.6 Å². The summed E-state index contributed by atoms with van der Waals surface area (Å²) < 4.78 is 0. The van der Waals surface area contributed by atoms with Gasteiger partial charge in [0.15, 0.2) is 5.13 Å². The highest BCUT2D eigenvalue weighted by molar-refractivity contribution is 7.15. The molecule has 21 heavy (non-hydrogen) atoms. The number of rotatable bonds is 8. The van der Waals surface area contributed by atoms with Crippen molar-refractivity contribution < 1.29 is 0 Å². The summed E-state index contributed by atoms with van der Waals surface area (Å²) in [4.78, 5) is 11.4. The average molecular weight is 311 g/mol. The number of thiazole rings is 1. The number of anilines is 1. The highest BCUT2D eigenvalue weighted by atomic mass is 32.1. The summed E-state index contributed by atoms with van der Waals surface area (Å²) in [5.41, 5.74) is 1.31. The minimum atomic E-state index is 0.972. The van der Waals surface area contributed by atoms with Crippen molar-refractivity contribution in [2.45, 2.75) is 46.6 Å². The zero-order valence-electron chi connectivity index (χ0n) is 13.8. The first kappa shape index (κ1) is 16.7. The van der Waals surface area contributed by atoms with Gasteiger partial charge in [-0.1, -0.05) is 27.2 Å². The maximum absolute atomic E-state index is 4.93.